The van der Waals surface area contributed by atoms with E-state index < -0.39 is 27.2 Å². The van der Waals surface area contributed by atoms with Gasteiger partial charge in [-0.25, -0.2) is 4.79 Å². The fourth-order valence-corrected chi connectivity index (χ4v) is 3.21. The molecule has 0 radical (unpaired) electrons. The number of hydrogen-bond donors (Lipinski definition) is 1. The molecule has 1 aromatic heterocycles. The van der Waals surface area contributed by atoms with E-state index >= 15 is 0 Å². The summed E-state index contributed by atoms with van der Waals surface area (Å²) in [5.74, 6) is 0.276. The number of non-ortho nitro benzene ring substituents is 1. The molecule has 0 aliphatic rings. The number of nitro groups is 2. The molecule has 0 unspecified atom stereocenters. The first kappa shape index (κ1) is 25.3. The SMILES string of the molecule is CCOC(=O)C(=C/c1ccc(-c2ccc(Br)cc2)o1)/C(C)=N\Nc1ccc([N+](=O)[O-])cc1[N+](=O)[O-]. The maximum absolute atomic E-state index is 12.6. The van der Waals surface area contributed by atoms with Gasteiger partial charge >= 0.3 is 11.7 Å². The summed E-state index contributed by atoms with van der Waals surface area (Å²) in [6.45, 7) is 3.28. The van der Waals surface area contributed by atoms with Gasteiger partial charge in [0.05, 0.1) is 33.8 Å². The number of nitro benzene ring substituents is 2. The summed E-state index contributed by atoms with van der Waals surface area (Å²) in [6, 6.07) is 14.0. The van der Waals surface area contributed by atoms with Crippen molar-refractivity contribution >= 4 is 50.7 Å². The van der Waals surface area contributed by atoms with Crippen LogP contribution in [0.25, 0.3) is 17.4 Å². The van der Waals surface area contributed by atoms with Gasteiger partial charge in [0.25, 0.3) is 5.69 Å². The lowest BCUT2D eigenvalue weighted by molar-refractivity contribution is -0.393. The Morgan fingerprint density at radius 3 is 2.46 bits per heavy atom. The molecule has 0 amide bonds. The zero-order chi connectivity index (χ0) is 25.5. The average Bonchev–Trinajstić information content (AvgIpc) is 3.30. The van der Waals surface area contributed by atoms with Gasteiger partial charge in [-0.05, 0) is 50.3 Å². The molecule has 12 heteroatoms. The summed E-state index contributed by atoms with van der Waals surface area (Å²) < 4.78 is 11.9. The molecule has 0 aliphatic heterocycles. The number of esters is 1. The highest BCUT2D eigenvalue weighted by Crippen LogP contribution is 2.29. The maximum Gasteiger partial charge on any atom is 0.340 e. The van der Waals surface area contributed by atoms with Crippen molar-refractivity contribution in [1.29, 1.82) is 0 Å². The normalized spacial score (nSPS) is 11.7. The minimum Gasteiger partial charge on any atom is -0.462 e. The van der Waals surface area contributed by atoms with Gasteiger partial charge in [-0.2, -0.15) is 5.10 Å². The number of benzene rings is 2. The lowest BCUT2D eigenvalue weighted by Crippen LogP contribution is -2.15. The molecule has 3 rings (SSSR count). The van der Waals surface area contributed by atoms with Crippen LogP contribution in [-0.4, -0.2) is 28.1 Å². The van der Waals surface area contributed by atoms with E-state index in [1.165, 1.54) is 13.0 Å². The van der Waals surface area contributed by atoms with Crippen molar-refractivity contribution in [1.82, 2.24) is 0 Å². The number of halogens is 1. The maximum atomic E-state index is 12.6. The fourth-order valence-electron chi connectivity index (χ4n) is 2.95. The number of hydrogen-bond acceptors (Lipinski definition) is 9. The van der Waals surface area contributed by atoms with Crippen molar-refractivity contribution in [3.63, 3.8) is 0 Å². The number of anilines is 1. The lowest BCUT2D eigenvalue weighted by Gasteiger charge is -2.08. The standard InChI is InChI=1S/C23H19BrN4O7/c1-3-34-23(29)19(13-18-9-11-22(35-18)15-4-6-16(24)7-5-15)14(2)25-26-20-10-8-17(27(30)31)12-21(20)28(32)33/h4-13,26H,3H2,1-2H3/b19-13+,25-14-. The fraction of sp³-hybridized carbons (Fsp3) is 0.130. The van der Waals surface area contributed by atoms with Crippen molar-refractivity contribution in [3.8, 4) is 11.3 Å². The van der Waals surface area contributed by atoms with Crippen molar-refractivity contribution in [2.24, 2.45) is 5.10 Å². The van der Waals surface area contributed by atoms with Gasteiger partial charge in [0.1, 0.15) is 17.2 Å². The molecule has 0 spiro atoms. The first-order valence-electron chi connectivity index (χ1n) is 10.2. The van der Waals surface area contributed by atoms with Crippen LogP contribution in [0.15, 0.2) is 74.2 Å². The molecule has 1 N–H and O–H groups in total. The first-order valence-corrected chi connectivity index (χ1v) is 11.0. The minimum absolute atomic E-state index is 0.0561. The Hall–Kier alpha value is -4.32. The minimum atomic E-state index is -0.769. The second kappa shape index (κ2) is 11.2. The molecule has 0 atom stereocenters. The predicted molar refractivity (Wildman–Crippen MR) is 133 cm³/mol. The van der Waals surface area contributed by atoms with E-state index in [2.05, 4.69) is 26.5 Å². The summed E-state index contributed by atoms with van der Waals surface area (Å²) >= 11 is 3.38. The molecule has 3 aromatic rings. The molecule has 0 fully saturated rings. The number of ether oxygens (including phenoxy) is 1. The molecule has 0 saturated carbocycles. The quantitative estimate of drug-likeness (QED) is 0.114. The largest absolute Gasteiger partial charge is 0.462 e. The van der Waals surface area contributed by atoms with E-state index in [1.807, 2.05) is 24.3 Å². The molecular formula is C23H19BrN4O7. The Morgan fingerprint density at radius 1 is 1.11 bits per heavy atom. The molecular weight excluding hydrogens is 524 g/mol. The van der Waals surface area contributed by atoms with Crippen LogP contribution in [0.1, 0.15) is 19.6 Å². The smallest absolute Gasteiger partial charge is 0.340 e. The number of hydrazone groups is 1. The molecule has 1 heterocycles. The van der Waals surface area contributed by atoms with Crippen LogP contribution in [0.5, 0.6) is 0 Å². The van der Waals surface area contributed by atoms with Crippen molar-refractivity contribution in [2.75, 3.05) is 12.0 Å². The molecule has 35 heavy (non-hydrogen) atoms. The Kier molecular flexibility index (Phi) is 8.10. The van der Waals surface area contributed by atoms with Crippen molar-refractivity contribution < 1.29 is 23.8 Å². The van der Waals surface area contributed by atoms with Crippen LogP contribution < -0.4 is 5.43 Å². The number of nitrogens with zero attached hydrogens (tertiary/aromatic N) is 3. The highest BCUT2D eigenvalue weighted by Gasteiger charge is 2.20. The number of carbonyl (C=O) groups excluding carboxylic acids is 1. The summed E-state index contributed by atoms with van der Waals surface area (Å²) in [5.41, 5.74) is 2.48. The third kappa shape index (κ3) is 6.38. The number of carbonyl (C=O) groups is 1. The first-order chi connectivity index (χ1) is 16.7. The van der Waals surface area contributed by atoms with E-state index in [1.54, 1.807) is 19.1 Å². The third-order valence-corrected chi connectivity index (χ3v) is 5.19. The third-order valence-electron chi connectivity index (χ3n) is 4.66. The van der Waals surface area contributed by atoms with Crippen LogP contribution in [-0.2, 0) is 9.53 Å². The lowest BCUT2D eigenvalue weighted by atomic mass is 10.1. The van der Waals surface area contributed by atoms with E-state index in [0.717, 1.165) is 28.2 Å². The molecule has 0 bridgehead atoms. The van der Waals surface area contributed by atoms with Gasteiger partial charge < -0.3 is 9.15 Å². The number of nitrogens with one attached hydrogen (secondary N) is 1. The zero-order valence-corrected chi connectivity index (χ0v) is 20.1. The molecule has 180 valence electrons. The molecule has 0 saturated heterocycles. The Bertz CT molecular complexity index is 1330. The Labute approximate surface area is 207 Å². The van der Waals surface area contributed by atoms with Gasteiger partial charge in [0.15, 0.2) is 0 Å². The van der Waals surface area contributed by atoms with E-state index in [-0.39, 0.29) is 23.6 Å². The monoisotopic (exact) mass is 542 g/mol. The summed E-state index contributed by atoms with van der Waals surface area (Å²) in [7, 11) is 0. The topological polar surface area (TPSA) is 150 Å². The summed E-state index contributed by atoms with van der Waals surface area (Å²) in [6.07, 6.45) is 1.45. The highest BCUT2D eigenvalue weighted by molar-refractivity contribution is 9.10. The predicted octanol–water partition coefficient (Wildman–Crippen LogP) is 5.96. The molecule has 2 aromatic carbocycles. The van der Waals surface area contributed by atoms with Gasteiger partial charge in [0.2, 0.25) is 0 Å². The second-order valence-corrected chi connectivity index (χ2v) is 7.93. The van der Waals surface area contributed by atoms with E-state index in [9.17, 15) is 25.0 Å². The van der Waals surface area contributed by atoms with Gasteiger partial charge in [-0.3, -0.25) is 25.7 Å². The second-order valence-electron chi connectivity index (χ2n) is 7.01. The van der Waals surface area contributed by atoms with Crippen LogP contribution in [0.2, 0.25) is 0 Å². The van der Waals surface area contributed by atoms with Crippen molar-refractivity contribution in [2.45, 2.75) is 13.8 Å². The van der Waals surface area contributed by atoms with Crippen LogP contribution in [0, 0.1) is 20.2 Å². The molecule has 11 nitrogen and oxygen atoms in total. The number of furan rings is 1. The van der Waals surface area contributed by atoms with Crippen LogP contribution in [0.3, 0.4) is 0 Å². The molecule has 0 aliphatic carbocycles. The zero-order valence-electron chi connectivity index (χ0n) is 18.6. The Balaban J connectivity index is 1.92. The summed E-state index contributed by atoms with van der Waals surface area (Å²) in [4.78, 5) is 33.3. The average molecular weight is 543 g/mol. The number of rotatable bonds is 9. The van der Waals surface area contributed by atoms with Gasteiger partial charge in [-0.1, -0.05) is 28.1 Å². The van der Waals surface area contributed by atoms with Gasteiger partial charge in [0, 0.05) is 16.1 Å². The van der Waals surface area contributed by atoms with Gasteiger partial charge in [-0.15, -0.1) is 0 Å². The van der Waals surface area contributed by atoms with E-state index in [4.69, 9.17) is 9.15 Å². The van der Waals surface area contributed by atoms with Crippen LogP contribution >= 0.6 is 15.9 Å². The summed E-state index contributed by atoms with van der Waals surface area (Å²) in [5, 5.41) is 26.3. The highest BCUT2D eigenvalue weighted by atomic mass is 79.9. The van der Waals surface area contributed by atoms with E-state index in [0.29, 0.717) is 11.5 Å². The Morgan fingerprint density at radius 2 is 1.83 bits per heavy atom. The van der Waals surface area contributed by atoms with Crippen molar-refractivity contribution in [3.05, 3.63) is 90.6 Å². The van der Waals surface area contributed by atoms with Crippen LogP contribution in [0.4, 0.5) is 17.1 Å².